The molecule has 1 saturated heterocycles. The highest BCUT2D eigenvalue weighted by Gasteiger charge is 2.32. The van der Waals surface area contributed by atoms with Gasteiger partial charge in [-0.15, -0.1) is 0 Å². The van der Waals surface area contributed by atoms with E-state index in [9.17, 15) is 4.79 Å². The maximum Gasteiger partial charge on any atom is 0.329 e. The molecule has 0 atom stereocenters. The summed E-state index contributed by atoms with van der Waals surface area (Å²) >= 11 is 0. The Morgan fingerprint density at radius 3 is 2.50 bits per heavy atom. The van der Waals surface area contributed by atoms with E-state index in [-0.39, 0.29) is 18.8 Å². The van der Waals surface area contributed by atoms with E-state index < -0.39 is 5.97 Å². The molecule has 2 fully saturated rings. The first-order chi connectivity index (χ1) is 10.7. The third kappa shape index (κ3) is 3.90. The molecule has 1 heterocycles. The third-order valence-corrected chi connectivity index (χ3v) is 4.12. The maximum absolute atomic E-state index is 10.4. The number of carbonyl (C=O) groups is 1. The fourth-order valence-electron chi connectivity index (χ4n) is 2.79. The fraction of sp³-hybridized carbons (Fsp3) is 0.562. The van der Waals surface area contributed by atoms with Crippen molar-refractivity contribution in [1.82, 2.24) is 5.32 Å². The molecule has 0 amide bonds. The van der Waals surface area contributed by atoms with Gasteiger partial charge in [-0.1, -0.05) is 0 Å². The zero-order chi connectivity index (χ0) is 15.4. The molecular formula is C16H22N2O4. The Labute approximate surface area is 130 Å². The minimum atomic E-state index is -0.923. The minimum Gasteiger partial charge on any atom is -0.490 e. The van der Waals surface area contributed by atoms with Crippen LogP contribution in [-0.2, 0) is 9.53 Å². The van der Waals surface area contributed by atoms with E-state index in [4.69, 9.17) is 14.6 Å². The first-order valence-electron chi connectivity index (χ1n) is 7.76. The highest BCUT2D eigenvalue weighted by molar-refractivity contribution is 5.68. The van der Waals surface area contributed by atoms with Gasteiger partial charge in [-0.05, 0) is 24.3 Å². The van der Waals surface area contributed by atoms with Crippen molar-refractivity contribution >= 4 is 11.7 Å². The van der Waals surface area contributed by atoms with E-state index in [1.165, 1.54) is 5.69 Å². The molecule has 0 bridgehead atoms. The Kier molecular flexibility index (Phi) is 4.80. The Bertz CT molecular complexity index is 493. The zero-order valence-corrected chi connectivity index (χ0v) is 12.5. The summed E-state index contributed by atoms with van der Waals surface area (Å²) in [5, 5.41) is 11.9. The maximum atomic E-state index is 10.4. The van der Waals surface area contributed by atoms with Crippen molar-refractivity contribution in [2.45, 2.75) is 25.0 Å². The van der Waals surface area contributed by atoms with Crippen molar-refractivity contribution < 1.29 is 19.4 Å². The van der Waals surface area contributed by atoms with Gasteiger partial charge in [-0.25, -0.2) is 4.79 Å². The Morgan fingerprint density at radius 2 is 1.86 bits per heavy atom. The Balaban J connectivity index is 1.43. The van der Waals surface area contributed by atoms with Crippen LogP contribution in [0.4, 0.5) is 5.69 Å². The molecule has 0 aromatic heterocycles. The molecule has 0 radical (unpaired) electrons. The second kappa shape index (κ2) is 6.98. The van der Waals surface area contributed by atoms with Crippen molar-refractivity contribution in [2.24, 2.45) is 0 Å². The third-order valence-electron chi connectivity index (χ3n) is 4.12. The quantitative estimate of drug-likeness (QED) is 0.820. The lowest BCUT2D eigenvalue weighted by Crippen LogP contribution is -2.43. The van der Waals surface area contributed by atoms with E-state index >= 15 is 0 Å². The van der Waals surface area contributed by atoms with Crippen molar-refractivity contribution in [2.75, 3.05) is 37.7 Å². The number of carboxylic acids is 1. The van der Waals surface area contributed by atoms with E-state index in [2.05, 4.69) is 22.3 Å². The first-order valence-corrected chi connectivity index (χ1v) is 7.76. The molecule has 1 aliphatic carbocycles. The summed E-state index contributed by atoms with van der Waals surface area (Å²) in [6.07, 6.45) is 1.66. The molecule has 1 aromatic rings. The van der Waals surface area contributed by atoms with Gasteiger partial charge in [0.15, 0.2) is 0 Å². The molecule has 1 saturated carbocycles. The van der Waals surface area contributed by atoms with Crippen LogP contribution in [0.15, 0.2) is 24.3 Å². The summed E-state index contributed by atoms with van der Waals surface area (Å²) in [6.45, 7) is 3.89. The average molecular weight is 306 g/mol. The van der Waals surface area contributed by atoms with Crippen LogP contribution in [0.3, 0.4) is 0 Å². The van der Waals surface area contributed by atoms with Crippen molar-refractivity contribution in [3.05, 3.63) is 24.3 Å². The largest absolute Gasteiger partial charge is 0.490 e. The number of rotatable bonds is 6. The number of carboxylic acid groups (broad SMARTS) is 1. The first kappa shape index (κ1) is 15.1. The molecule has 6 heteroatoms. The smallest absolute Gasteiger partial charge is 0.329 e. The van der Waals surface area contributed by atoms with Crippen molar-refractivity contribution in [3.8, 4) is 5.75 Å². The Morgan fingerprint density at radius 1 is 1.18 bits per heavy atom. The molecule has 22 heavy (non-hydrogen) atoms. The number of nitrogens with one attached hydrogen (secondary N) is 1. The second-order valence-electron chi connectivity index (χ2n) is 5.77. The number of piperazine rings is 1. The van der Waals surface area contributed by atoms with Crippen LogP contribution in [0, 0.1) is 0 Å². The van der Waals surface area contributed by atoms with Gasteiger partial charge in [-0.2, -0.15) is 0 Å². The van der Waals surface area contributed by atoms with Crippen LogP contribution in [0.25, 0.3) is 0 Å². The molecule has 1 aliphatic heterocycles. The summed E-state index contributed by atoms with van der Waals surface area (Å²) in [5.74, 6) is -0.0616. The van der Waals surface area contributed by atoms with Crippen LogP contribution < -0.4 is 15.0 Å². The highest BCUT2D eigenvalue weighted by atomic mass is 16.5. The van der Waals surface area contributed by atoms with E-state index in [0.29, 0.717) is 0 Å². The van der Waals surface area contributed by atoms with Crippen LogP contribution in [0.2, 0.25) is 0 Å². The number of aliphatic carboxylic acids is 1. The highest BCUT2D eigenvalue weighted by Crippen LogP contribution is 2.29. The number of nitrogens with zero attached hydrogens (tertiary/aromatic N) is 1. The lowest BCUT2D eigenvalue weighted by atomic mass is 9.92. The van der Waals surface area contributed by atoms with Gasteiger partial charge in [0.25, 0.3) is 0 Å². The topological polar surface area (TPSA) is 71.0 Å². The molecular weight excluding hydrogens is 284 g/mol. The van der Waals surface area contributed by atoms with Gasteiger partial charge in [-0.3, -0.25) is 0 Å². The minimum absolute atomic E-state index is 0.0150. The van der Waals surface area contributed by atoms with Gasteiger partial charge < -0.3 is 24.8 Å². The summed E-state index contributed by atoms with van der Waals surface area (Å²) in [6, 6.07) is 8.20. The van der Waals surface area contributed by atoms with Crippen LogP contribution >= 0.6 is 0 Å². The van der Waals surface area contributed by atoms with Crippen LogP contribution in [-0.4, -0.2) is 56.1 Å². The number of hydrogen-bond donors (Lipinski definition) is 2. The van der Waals surface area contributed by atoms with Crippen molar-refractivity contribution in [3.63, 3.8) is 0 Å². The van der Waals surface area contributed by atoms with Gasteiger partial charge in [0.05, 0.1) is 6.10 Å². The van der Waals surface area contributed by atoms with Gasteiger partial charge in [0.1, 0.15) is 18.5 Å². The molecule has 6 nitrogen and oxygen atoms in total. The SMILES string of the molecule is O=C(O)CO[C@H]1C[C@H](Oc2ccc(N3CCNCC3)cc2)C1. The summed E-state index contributed by atoms with van der Waals surface area (Å²) < 4.78 is 11.1. The second-order valence-corrected chi connectivity index (χ2v) is 5.77. The molecule has 2 N–H and O–H groups in total. The summed E-state index contributed by atoms with van der Waals surface area (Å²) in [5.41, 5.74) is 1.23. The van der Waals surface area contributed by atoms with Crippen molar-refractivity contribution in [1.29, 1.82) is 0 Å². The zero-order valence-electron chi connectivity index (χ0n) is 12.5. The lowest BCUT2D eigenvalue weighted by Gasteiger charge is -2.35. The number of ether oxygens (including phenoxy) is 2. The lowest BCUT2D eigenvalue weighted by molar-refractivity contribution is -0.149. The van der Waals surface area contributed by atoms with E-state index in [1.807, 2.05) is 12.1 Å². The van der Waals surface area contributed by atoms with E-state index in [1.54, 1.807) is 0 Å². The fourth-order valence-corrected chi connectivity index (χ4v) is 2.79. The van der Waals surface area contributed by atoms with Gasteiger partial charge in [0, 0.05) is 44.7 Å². The molecule has 1 aromatic carbocycles. The molecule has 0 spiro atoms. The summed E-state index contributed by atoms with van der Waals surface area (Å²) in [7, 11) is 0. The number of anilines is 1. The molecule has 120 valence electrons. The van der Waals surface area contributed by atoms with E-state index in [0.717, 1.165) is 44.8 Å². The van der Waals surface area contributed by atoms with Gasteiger partial charge in [0.2, 0.25) is 0 Å². The van der Waals surface area contributed by atoms with Crippen LogP contribution in [0.5, 0.6) is 5.75 Å². The normalized spacial score (nSPS) is 24.6. The van der Waals surface area contributed by atoms with Crippen LogP contribution in [0.1, 0.15) is 12.8 Å². The number of hydrogen-bond acceptors (Lipinski definition) is 5. The molecule has 3 rings (SSSR count). The van der Waals surface area contributed by atoms with Gasteiger partial charge >= 0.3 is 5.97 Å². The number of benzene rings is 1. The Hall–Kier alpha value is -1.79. The monoisotopic (exact) mass is 306 g/mol. The standard InChI is InChI=1S/C16H22N2O4/c19-16(20)11-21-14-9-15(10-14)22-13-3-1-12(2-4-13)18-7-5-17-6-8-18/h1-4,14-15,17H,5-11H2,(H,19,20)/t14-,15-. The average Bonchev–Trinajstić information content (AvgIpc) is 2.50. The molecule has 0 unspecified atom stereocenters. The molecule has 2 aliphatic rings. The predicted octanol–water partition coefficient (Wildman–Crippen LogP) is 1.11. The predicted molar refractivity (Wildman–Crippen MR) is 82.6 cm³/mol. The summed E-state index contributed by atoms with van der Waals surface area (Å²) in [4.78, 5) is 12.8.